The first-order valence-corrected chi connectivity index (χ1v) is 10.5. The molecule has 0 spiro atoms. The fourth-order valence-electron chi connectivity index (χ4n) is 2.43. The molecule has 6 nitrogen and oxygen atoms in total. The smallest absolute Gasteiger partial charge is 0.234 e. The van der Waals surface area contributed by atoms with Crippen molar-refractivity contribution in [2.75, 3.05) is 11.1 Å². The van der Waals surface area contributed by atoms with E-state index in [-0.39, 0.29) is 11.7 Å². The highest BCUT2D eigenvalue weighted by Gasteiger charge is 2.11. The molecule has 1 amide bonds. The van der Waals surface area contributed by atoms with E-state index < -0.39 is 0 Å². The summed E-state index contributed by atoms with van der Waals surface area (Å²) in [4.78, 5) is 16.6. The van der Waals surface area contributed by atoms with Crippen LogP contribution >= 0.6 is 27.7 Å². The van der Waals surface area contributed by atoms with Gasteiger partial charge in [-0.3, -0.25) is 9.89 Å². The summed E-state index contributed by atoms with van der Waals surface area (Å²) in [6, 6.07) is 11.6. The molecular weight excluding hydrogens is 440 g/mol. The number of aromatic nitrogens is 3. The van der Waals surface area contributed by atoms with Gasteiger partial charge in [0.05, 0.1) is 5.75 Å². The molecule has 3 rings (SSSR count). The monoisotopic (exact) mass is 460 g/mol. The molecule has 1 heterocycles. The van der Waals surface area contributed by atoms with Crippen molar-refractivity contribution in [3.8, 4) is 5.75 Å². The highest BCUT2D eigenvalue weighted by molar-refractivity contribution is 9.10. The molecule has 3 aromatic rings. The molecule has 0 aliphatic carbocycles. The van der Waals surface area contributed by atoms with Gasteiger partial charge in [0.1, 0.15) is 12.4 Å². The number of aromatic amines is 1. The van der Waals surface area contributed by atoms with Gasteiger partial charge in [-0.2, -0.15) is 0 Å². The molecule has 0 radical (unpaired) electrons. The Morgan fingerprint density at radius 1 is 1.14 bits per heavy atom. The molecular formula is C20H21BrN4O2S. The van der Waals surface area contributed by atoms with Gasteiger partial charge in [-0.05, 0) is 56.2 Å². The number of carbonyl (C=O) groups is 1. The van der Waals surface area contributed by atoms with Gasteiger partial charge < -0.3 is 10.1 Å². The van der Waals surface area contributed by atoms with E-state index in [1.54, 1.807) is 0 Å². The van der Waals surface area contributed by atoms with E-state index in [0.29, 0.717) is 17.6 Å². The van der Waals surface area contributed by atoms with Gasteiger partial charge in [-0.15, -0.1) is 5.10 Å². The average Bonchev–Trinajstić information content (AvgIpc) is 3.14. The number of nitrogens with one attached hydrogen (secondary N) is 2. The number of hydrogen-bond donors (Lipinski definition) is 2. The number of carbonyl (C=O) groups excluding carboxylic acids is 1. The normalized spacial score (nSPS) is 10.7. The maximum atomic E-state index is 12.2. The summed E-state index contributed by atoms with van der Waals surface area (Å²) < 4.78 is 6.70. The SMILES string of the molecule is Cc1ccc(OCc2nc(SCC(=O)Nc3ccc(Br)c(C)c3C)n[nH]2)cc1. The molecule has 2 aromatic carbocycles. The van der Waals surface area contributed by atoms with Crippen LogP contribution in [0.5, 0.6) is 5.75 Å². The van der Waals surface area contributed by atoms with Crippen LogP contribution in [0, 0.1) is 20.8 Å². The van der Waals surface area contributed by atoms with Gasteiger partial charge in [0.15, 0.2) is 5.82 Å². The molecule has 2 N–H and O–H groups in total. The van der Waals surface area contributed by atoms with E-state index in [4.69, 9.17) is 4.74 Å². The zero-order valence-corrected chi connectivity index (χ0v) is 18.3. The van der Waals surface area contributed by atoms with Crippen LogP contribution in [0.2, 0.25) is 0 Å². The minimum absolute atomic E-state index is 0.0999. The van der Waals surface area contributed by atoms with E-state index in [9.17, 15) is 4.79 Å². The van der Waals surface area contributed by atoms with Gasteiger partial charge in [-0.1, -0.05) is 45.4 Å². The van der Waals surface area contributed by atoms with Crippen LogP contribution < -0.4 is 10.1 Å². The van der Waals surface area contributed by atoms with Crippen LogP contribution in [0.25, 0.3) is 0 Å². The molecule has 146 valence electrons. The van der Waals surface area contributed by atoms with Crippen molar-refractivity contribution < 1.29 is 9.53 Å². The van der Waals surface area contributed by atoms with Gasteiger partial charge in [0.25, 0.3) is 0 Å². The maximum absolute atomic E-state index is 12.2. The van der Waals surface area contributed by atoms with E-state index in [1.165, 1.54) is 17.3 Å². The Hall–Kier alpha value is -2.32. The number of halogens is 1. The van der Waals surface area contributed by atoms with Crippen molar-refractivity contribution in [1.29, 1.82) is 0 Å². The van der Waals surface area contributed by atoms with Crippen LogP contribution in [0.3, 0.4) is 0 Å². The molecule has 1 aromatic heterocycles. The zero-order chi connectivity index (χ0) is 20.1. The second-order valence-corrected chi connectivity index (χ2v) is 8.15. The number of benzene rings is 2. The highest BCUT2D eigenvalue weighted by Crippen LogP contribution is 2.26. The summed E-state index contributed by atoms with van der Waals surface area (Å²) in [5, 5.41) is 10.4. The Bertz CT molecular complexity index is 973. The molecule has 0 saturated carbocycles. The average molecular weight is 461 g/mol. The molecule has 28 heavy (non-hydrogen) atoms. The third-order valence-corrected chi connectivity index (χ3v) is 5.94. The predicted molar refractivity (Wildman–Crippen MR) is 115 cm³/mol. The van der Waals surface area contributed by atoms with Crippen molar-refractivity contribution in [2.45, 2.75) is 32.5 Å². The van der Waals surface area contributed by atoms with E-state index in [0.717, 1.165) is 27.0 Å². The van der Waals surface area contributed by atoms with Crippen molar-refractivity contribution in [3.05, 3.63) is 63.4 Å². The maximum Gasteiger partial charge on any atom is 0.234 e. The second-order valence-electron chi connectivity index (χ2n) is 6.35. The first-order chi connectivity index (χ1) is 13.4. The minimum Gasteiger partial charge on any atom is -0.486 e. The van der Waals surface area contributed by atoms with Crippen molar-refractivity contribution in [3.63, 3.8) is 0 Å². The molecule has 8 heteroatoms. The minimum atomic E-state index is -0.0999. The van der Waals surface area contributed by atoms with Crippen LogP contribution in [0.4, 0.5) is 5.69 Å². The van der Waals surface area contributed by atoms with Crippen molar-refractivity contribution >= 4 is 39.3 Å². The lowest BCUT2D eigenvalue weighted by Gasteiger charge is -2.11. The number of anilines is 1. The number of H-pyrrole nitrogens is 1. The van der Waals surface area contributed by atoms with Gasteiger partial charge in [-0.25, -0.2) is 4.98 Å². The largest absolute Gasteiger partial charge is 0.486 e. The molecule has 0 fully saturated rings. The number of hydrogen-bond acceptors (Lipinski definition) is 5. The standard InChI is InChI=1S/C20H21BrN4O2S/c1-12-4-6-15(7-5-12)27-10-18-23-20(25-24-18)28-11-19(26)22-17-9-8-16(21)13(2)14(17)3/h4-9H,10-11H2,1-3H3,(H,22,26)(H,23,24,25). The number of amides is 1. The molecule has 0 unspecified atom stereocenters. The Morgan fingerprint density at radius 3 is 2.64 bits per heavy atom. The lowest BCUT2D eigenvalue weighted by atomic mass is 10.1. The predicted octanol–water partition coefficient (Wildman–Crippen LogP) is 4.80. The fraction of sp³-hybridized carbons (Fsp3) is 0.250. The van der Waals surface area contributed by atoms with Crippen molar-refractivity contribution in [2.24, 2.45) is 0 Å². The Labute approximate surface area is 176 Å². The summed E-state index contributed by atoms with van der Waals surface area (Å²) >= 11 is 4.77. The summed E-state index contributed by atoms with van der Waals surface area (Å²) in [6.45, 7) is 6.31. The fourth-order valence-corrected chi connectivity index (χ4v) is 3.48. The van der Waals surface area contributed by atoms with E-state index >= 15 is 0 Å². The van der Waals surface area contributed by atoms with Crippen LogP contribution in [0.15, 0.2) is 46.0 Å². The third-order valence-electron chi connectivity index (χ3n) is 4.24. The van der Waals surface area contributed by atoms with Crippen LogP contribution in [-0.2, 0) is 11.4 Å². The summed E-state index contributed by atoms with van der Waals surface area (Å²) in [7, 11) is 0. The highest BCUT2D eigenvalue weighted by atomic mass is 79.9. The van der Waals surface area contributed by atoms with Gasteiger partial charge in [0.2, 0.25) is 11.1 Å². The lowest BCUT2D eigenvalue weighted by molar-refractivity contribution is -0.113. The lowest BCUT2D eigenvalue weighted by Crippen LogP contribution is -2.15. The molecule has 0 atom stereocenters. The quantitative estimate of drug-likeness (QED) is 0.494. The molecule has 0 aliphatic heterocycles. The third kappa shape index (κ3) is 5.36. The Kier molecular flexibility index (Phi) is 6.74. The number of thioether (sulfide) groups is 1. The topological polar surface area (TPSA) is 79.9 Å². The summed E-state index contributed by atoms with van der Waals surface area (Å²) in [6.07, 6.45) is 0. The summed E-state index contributed by atoms with van der Waals surface area (Å²) in [5.41, 5.74) is 4.14. The zero-order valence-electron chi connectivity index (χ0n) is 15.9. The first-order valence-electron chi connectivity index (χ1n) is 8.71. The first kappa shape index (κ1) is 20.4. The number of rotatable bonds is 7. The Balaban J connectivity index is 1.49. The van der Waals surface area contributed by atoms with E-state index in [1.807, 2.05) is 57.2 Å². The number of nitrogens with zero attached hydrogens (tertiary/aromatic N) is 2. The number of ether oxygens (including phenoxy) is 1. The molecule has 0 bridgehead atoms. The van der Waals surface area contributed by atoms with E-state index in [2.05, 4.69) is 36.4 Å². The summed E-state index contributed by atoms with van der Waals surface area (Å²) in [5.74, 6) is 1.51. The Morgan fingerprint density at radius 2 is 1.89 bits per heavy atom. The van der Waals surface area contributed by atoms with Crippen molar-refractivity contribution in [1.82, 2.24) is 15.2 Å². The van der Waals surface area contributed by atoms with Crippen LogP contribution in [-0.4, -0.2) is 26.8 Å². The number of aryl methyl sites for hydroxylation is 1. The van der Waals surface area contributed by atoms with Crippen LogP contribution in [0.1, 0.15) is 22.5 Å². The van der Waals surface area contributed by atoms with Gasteiger partial charge in [0, 0.05) is 10.2 Å². The second kappa shape index (κ2) is 9.25. The molecule has 0 saturated heterocycles. The molecule has 0 aliphatic rings. The van der Waals surface area contributed by atoms with Gasteiger partial charge >= 0.3 is 0 Å².